The van der Waals surface area contributed by atoms with Crippen molar-refractivity contribution in [3.8, 4) is 0 Å². The third-order valence-electron chi connectivity index (χ3n) is 3.33. The van der Waals surface area contributed by atoms with E-state index in [1.165, 1.54) is 17.1 Å². The molecule has 0 aromatic carbocycles. The standard InChI is InChI=1S/C12H20N4O4S/c1-9-8-20-10(2)6-16(9)12(17)5-14-21(18,19)11-4-13-15(3)7-11/h4,7,9-10,14H,5-6,8H2,1-3H3. The predicted octanol–water partition coefficient (Wildman–Crippen LogP) is -0.666. The summed E-state index contributed by atoms with van der Waals surface area (Å²) in [5.41, 5.74) is 0. The Bertz CT molecular complexity index is 613. The van der Waals surface area contributed by atoms with Crippen LogP contribution in [0.5, 0.6) is 0 Å². The van der Waals surface area contributed by atoms with Crippen molar-refractivity contribution in [2.75, 3.05) is 19.7 Å². The van der Waals surface area contributed by atoms with Crippen LogP contribution in [0.2, 0.25) is 0 Å². The van der Waals surface area contributed by atoms with E-state index < -0.39 is 10.0 Å². The van der Waals surface area contributed by atoms with E-state index in [-0.39, 0.29) is 29.5 Å². The molecule has 1 aromatic heterocycles. The molecule has 0 radical (unpaired) electrons. The van der Waals surface area contributed by atoms with Gasteiger partial charge in [-0.3, -0.25) is 9.48 Å². The zero-order valence-electron chi connectivity index (χ0n) is 12.3. The summed E-state index contributed by atoms with van der Waals surface area (Å²) < 4.78 is 33.2. The van der Waals surface area contributed by atoms with Gasteiger partial charge in [-0.2, -0.15) is 5.10 Å². The lowest BCUT2D eigenvalue weighted by molar-refractivity contribution is -0.141. The summed E-state index contributed by atoms with van der Waals surface area (Å²) >= 11 is 0. The van der Waals surface area contributed by atoms with Gasteiger partial charge in [-0.05, 0) is 13.8 Å². The summed E-state index contributed by atoms with van der Waals surface area (Å²) in [5, 5.41) is 3.81. The molecule has 1 saturated heterocycles. The number of carbonyl (C=O) groups is 1. The fourth-order valence-corrected chi connectivity index (χ4v) is 3.09. The average molecular weight is 316 g/mol. The number of rotatable bonds is 4. The van der Waals surface area contributed by atoms with Crippen molar-refractivity contribution < 1.29 is 17.9 Å². The van der Waals surface area contributed by atoms with Crippen molar-refractivity contribution in [2.24, 2.45) is 7.05 Å². The maximum Gasteiger partial charge on any atom is 0.244 e. The van der Waals surface area contributed by atoms with Gasteiger partial charge in [0.1, 0.15) is 4.90 Å². The minimum absolute atomic E-state index is 0.0416. The number of hydrogen-bond acceptors (Lipinski definition) is 5. The Balaban J connectivity index is 1.97. The topological polar surface area (TPSA) is 93.5 Å². The number of aromatic nitrogens is 2. The molecule has 0 aliphatic carbocycles. The van der Waals surface area contributed by atoms with Gasteiger partial charge in [-0.15, -0.1) is 0 Å². The molecular weight excluding hydrogens is 296 g/mol. The first-order valence-electron chi connectivity index (χ1n) is 6.69. The van der Waals surface area contributed by atoms with Gasteiger partial charge in [-0.25, -0.2) is 13.1 Å². The quantitative estimate of drug-likeness (QED) is 0.795. The van der Waals surface area contributed by atoms with E-state index in [0.29, 0.717) is 13.2 Å². The summed E-state index contributed by atoms with van der Waals surface area (Å²) in [6, 6.07) is -0.0587. The molecule has 2 atom stereocenters. The number of nitrogens with zero attached hydrogens (tertiary/aromatic N) is 3. The lowest BCUT2D eigenvalue weighted by Crippen LogP contribution is -2.52. The lowest BCUT2D eigenvalue weighted by Gasteiger charge is -2.36. The first-order chi connectivity index (χ1) is 9.79. The Hall–Kier alpha value is -1.45. The molecule has 1 amide bonds. The fourth-order valence-electron chi connectivity index (χ4n) is 2.13. The number of morpholine rings is 1. The summed E-state index contributed by atoms with van der Waals surface area (Å²) in [7, 11) is -2.09. The molecular formula is C12H20N4O4S. The highest BCUT2D eigenvalue weighted by Crippen LogP contribution is 2.12. The molecule has 2 rings (SSSR count). The Morgan fingerprint density at radius 3 is 2.86 bits per heavy atom. The summed E-state index contributed by atoms with van der Waals surface area (Å²) in [4.78, 5) is 13.8. The smallest absolute Gasteiger partial charge is 0.244 e. The lowest BCUT2D eigenvalue weighted by atomic mass is 10.2. The molecule has 1 aliphatic rings. The molecule has 1 aromatic rings. The minimum atomic E-state index is -3.72. The van der Waals surface area contributed by atoms with Gasteiger partial charge < -0.3 is 9.64 Å². The van der Waals surface area contributed by atoms with Gasteiger partial charge in [-0.1, -0.05) is 0 Å². The van der Waals surface area contributed by atoms with Crippen LogP contribution >= 0.6 is 0 Å². The van der Waals surface area contributed by atoms with Crippen molar-refractivity contribution in [3.63, 3.8) is 0 Å². The Morgan fingerprint density at radius 2 is 2.24 bits per heavy atom. The Labute approximate surface area is 124 Å². The Kier molecular flexibility index (Phi) is 4.64. The van der Waals surface area contributed by atoms with Gasteiger partial charge >= 0.3 is 0 Å². The largest absolute Gasteiger partial charge is 0.375 e. The molecule has 21 heavy (non-hydrogen) atoms. The second kappa shape index (κ2) is 6.12. The SMILES string of the molecule is CC1CN(C(=O)CNS(=O)(=O)c2cnn(C)c2)C(C)CO1. The van der Waals surface area contributed by atoms with Crippen LogP contribution in [0.25, 0.3) is 0 Å². The van der Waals surface area contributed by atoms with Crippen LogP contribution in [0.1, 0.15) is 13.8 Å². The van der Waals surface area contributed by atoms with Crippen LogP contribution in [0, 0.1) is 0 Å². The van der Waals surface area contributed by atoms with Crippen molar-refractivity contribution in [1.29, 1.82) is 0 Å². The van der Waals surface area contributed by atoms with Crippen LogP contribution in [-0.4, -0.2) is 60.8 Å². The number of sulfonamides is 1. The van der Waals surface area contributed by atoms with Crippen LogP contribution in [0.15, 0.2) is 17.3 Å². The molecule has 0 spiro atoms. The molecule has 1 N–H and O–H groups in total. The minimum Gasteiger partial charge on any atom is -0.375 e. The molecule has 1 fully saturated rings. The highest BCUT2D eigenvalue weighted by atomic mass is 32.2. The van der Waals surface area contributed by atoms with Gasteiger partial charge in [0.2, 0.25) is 15.9 Å². The first kappa shape index (κ1) is 15.9. The van der Waals surface area contributed by atoms with Gasteiger partial charge in [0.05, 0.1) is 31.5 Å². The monoisotopic (exact) mass is 316 g/mol. The van der Waals surface area contributed by atoms with E-state index in [1.54, 1.807) is 11.9 Å². The first-order valence-corrected chi connectivity index (χ1v) is 8.17. The highest BCUT2D eigenvalue weighted by molar-refractivity contribution is 7.89. The number of amides is 1. The fraction of sp³-hybridized carbons (Fsp3) is 0.667. The number of ether oxygens (including phenoxy) is 1. The molecule has 2 heterocycles. The number of hydrogen-bond donors (Lipinski definition) is 1. The van der Waals surface area contributed by atoms with Crippen LogP contribution in [0.3, 0.4) is 0 Å². The normalized spacial score (nSPS) is 23.3. The Morgan fingerprint density at radius 1 is 1.52 bits per heavy atom. The van der Waals surface area contributed by atoms with Crippen molar-refractivity contribution in [2.45, 2.75) is 30.9 Å². The van der Waals surface area contributed by atoms with Crippen molar-refractivity contribution >= 4 is 15.9 Å². The molecule has 1 aliphatic heterocycles. The van der Waals surface area contributed by atoms with E-state index in [1.807, 2.05) is 13.8 Å². The molecule has 2 unspecified atom stereocenters. The predicted molar refractivity (Wildman–Crippen MR) is 75.0 cm³/mol. The molecule has 8 nitrogen and oxygen atoms in total. The average Bonchev–Trinajstić information content (AvgIpc) is 2.86. The molecule has 9 heteroatoms. The number of nitrogens with one attached hydrogen (secondary N) is 1. The van der Waals surface area contributed by atoms with Gasteiger partial charge in [0.25, 0.3) is 0 Å². The van der Waals surface area contributed by atoms with E-state index in [4.69, 9.17) is 4.74 Å². The summed E-state index contributed by atoms with van der Waals surface area (Å²) in [5.74, 6) is -0.259. The maximum atomic E-state index is 12.2. The van der Waals surface area contributed by atoms with Crippen LogP contribution < -0.4 is 4.72 Å². The molecule has 0 bridgehead atoms. The summed E-state index contributed by atoms with van der Waals surface area (Å²) in [6.45, 7) is 4.41. The number of aryl methyl sites for hydroxylation is 1. The van der Waals surface area contributed by atoms with E-state index >= 15 is 0 Å². The highest BCUT2D eigenvalue weighted by Gasteiger charge is 2.28. The zero-order valence-corrected chi connectivity index (χ0v) is 13.1. The third kappa shape index (κ3) is 3.80. The molecule has 0 saturated carbocycles. The number of carbonyl (C=O) groups excluding carboxylic acids is 1. The summed E-state index contributed by atoms with van der Waals surface area (Å²) in [6.07, 6.45) is 2.58. The van der Waals surface area contributed by atoms with Gasteiger partial charge in [0, 0.05) is 19.8 Å². The van der Waals surface area contributed by atoms with Crippen molar-refractivity contribution in [3.05, 3.63) is 12.4 Å². The van der Waals surface area contributed by atoms with Crippen LogP contribution in [-0.2, 0) is 26.6 Å². The zero-order chi connectivity index (χ0) is 15.6. The third-order valence-corrected chi connectivity index (χ3v) is 4.69. The van der Waals surface area contributed by atoms with Crippen molar-refractivity contribution in [1.82, 2.24) is 19.4 Å². The second-order valence-electron chi connectivity index (χ2n) is 5.21. The second-order valence-corrected chi connectivity index (χ2v) is 6.98. The van der Waals surface area contributed by atoms with Crippen LogP contribution in [0.4, 0.5) is 0 Å². The van der Waals surface area contributed by atoms with E-state index in [2.05, 4.69) is 9.82 Å². The van der Waals surface area contributed by atoms with Gasteiger partial charge in [0.15, 0.2) is 0 Å². The maximum absolute atomic E-state index is 12.2. The molecule has 118 valence electrons. The van der Waals surface area contributed by atoms with E-state index in [9.17, 15) is 13.2 Å². The van der Waals surface area contributed by atoms with E-state index in [0.717, 1.165) is 0 Å².